The van der Waals surface area contributed by atoms with Gasteiger partial charge in [0.1, 0.15) is 0 Å². The minimum Gasteiger partial charge on any atom is -0.366 e. The van der Waals surface area contributed by atoms with E-state index >= 15 is 0 Å². The van der Waals surface area contributed by atoms with Gasteiger partial charge in [0.25, 0.3) is 0 Å². The van der Waals surface area contributed by atoms with Crippen LogP contribution < -0.4 is 5.73 Å². The number of nitrogens with two attached hydrogens (primary N) is 1. The van der Waals surface area contributed by atoms with Crippen LogP contribution in [0.4, 0.5) is 0 Å². The van der Waals surface area contributed by atoms with Gasteiger partial charge < -0.3 is 5.73 Å². The third-order valence-corrected chi connectivity index (χ3v) is 1.91. The van der Waals surface area contributed by atoms with Crippen LogP contribution in [0.1, 0.15) is 10.4 Å². The molecule has 0 aliphatic carbocycles. The molecule has 0 aliphatic rings. The van der Waals surface area contributed by atoms with E-state index in [-0.39, 0.29) is 5.91 Å². The number of benzene rings is 1. The number of carbonyl (C=O) groups is 1. The lowest BCUT2D eigenvalue weighted by Gasteiger charge is -1.89. The Morgan fingerprint density at radius 1 is 1.12 bits per heavy atom. The average molecular weight is 235 g/mol. The van der Waals surface area contributed by atoms with Crippen molar-refractivity contribution in [1.82, 2.24) is 4.98 Å². The number of primary amides is 1. The van der Waals surface area contributed by atoms with Crippen molar-refractivity contribution in [3.8, 4) is 0 Å². The molecule has 3 nitrogen and oxygen atoms in total. The van der Waals surface area contributed by atoms with E-state index in [0.29, 0.717) is 10.6 Å². The number of aromatic nitrogens is 1. The van der Waals surface area contributed by atoms with E-state index in [4.69, 9.17) is 17.3 Å². The molecule has 0 unspecified atom stereocenters. The highest BCUT2D eigenvalue weighted by atomic mass is 35.5. The molecule has 82 valence electrons. The van der Waals surface area contributed by atoms with Gasteiger partial charge in [0, 0.05) is 18.0 Å². The van der Waals surface area contributed by atoms with Crippen molar-refractivity contribution < 1.29 is 4.79 Å². The minimum absolute atomic E-state index is 0.379. The third-order valence-electron chi connectivity index (χ3n) is 1.68. The van der Waals surface area contributed by atoms with Crippen LogP contribution in [0.25, 0.3) is 0 Å². The standard InChI is InChI=1S/C7H7NO.C5H4ClN/c8-7(9)6-4-2-1-3-5-6;6-5-2-1-3-7-4-5/h1-5H,(H2,8,9);1-4H. The van der Waals surface area contributed by atoms with E-state index < -0.39 is 0 Å². The third kappa shape index (κ3) is 4.57. The molecule has 16 heavy (non-hydrogen) atoms. The SMILES string of the molecule is Clc1cccnc1.NC(=O)c1ccccc1. The van der Waals surface area contributed by atoms with E-state index in [1.165, 1.54) is 0 Å². The van der Waals surface area contributed by atoms with Gasteiger partial charge in [-0.1, -0.05) is 29.8 Å². The Kier molecular flexibility index (Phi) is 5.02. The van der Waals surface area contributed by atoms with Crippen molar-refractivity contribution in [1.29, 1.82) is 0 Å². The molecule has 1 aromatic heterocycles. The van der Waals surface area contributed by atoms with Crippen molar-refractivity contribution in [2.75, 3.05) is 0 Å². The number of halogens is 1. The van der Waals surface area contributed by atoms with E-state index in [9.17, 15) is 4.79 Å². The number of nitrogens with zero attached hydrogens (tertiary/aromatic N) is 1. The van der Waals surface area contributed by atoms with Crippen molar-refractivity contribution in [2.45, 2.75) is 0 Å². The van der Waals surface area contributed by atoms with Gasteiger partial charge in [0.15, 0.2) is 0 Å². The molecular formula is C12H11ClN2O. The number of rotatable bonds is 1. The first-order valence-electron chi connectivity index (χ1n) is 4.60. The molecular weight excluding hydrogens is 224 g/mol. The predicted octanol–water partition coefficient (Wildman–Crippen LogP) is 2.52. The van der Waals surface area contributed by atoms with Gasteiger partial charge in [-0.05, 0) is 24.3 Å². The second kappa shape index (κ2) is 6.58. The summed E-state index contributed by atoms with van der Waals surface area (Å²) in [6, 6.07) is 12.3. The van der Waals surface area contributed by atoms with Gasteiger partial charge in [-0.2, -0.15) is 0 Å². The summed E-state index contributed by atoms with van der Waals surface area (Å²) in [6.45, 7) is 0. The molecule has 1 heterocycles. The molecule has 0 bridgehead atoms. The molecule has 0 radical (unpaired) electrons. The topological polar surface area (TPSA) is 56.0 Å². The van der Waals surface area contributed by atoms with E-state index in [1.54, 1.807) is 48.8 Å². The Labute approximate surface area is 98.9 Å². The Hall–Kier alpha value is -1.87. The molecule has 0 saturated heterocycles. The van der Waals surface area contributed by atoms with E-state index in [1.807, 2.05) is 6.07 Å². The highest BCUT2D eigenvalue weighted by molar-refractivity contribution is 6.30. The second-order valence-corrected chi connectivity index (χ2v) is 3.34. The van der Waals surface area contributed by atoms with Gasteiger partial charge in [-0.15, -0.1) is 0 Å². The molecule has 2 N–H and O–H groups in total. The average Bonchev–Trinajstić information content (AvgIpc) is 2.32. The zero-order chi connectivity index (χ0) is 11.8. The van der Waals surface area contributed by atoms with Gasteiger partial charge in [0.05, 0.1) is 5.02 Å². The Balaban J connectivity index is 0.000000165. The normalized spacial score (nSPS) is 8.81. The van der Waals surface area contributed by atoms with Crippen molar-refractivity contribution in [3.63, 3.8) is 0 Å². The highest BCUT2D eigenvalue weighted by Crippen LogP contribution is 2.01. The summed E-state index contributed by atoms with van der Waals surface area (Å²) >= 11 is 5.48. The molecule has 0 spiro atoms. The molecule has 1 amide bonds. The van der Waals surface area contributed by atoms with Crippen LogP contribution >= 0.6 is 11.6 Å². The van der Waals surface area contributed by atoms with Crippen LogP contribution in [0.5, 0.6) is 0 Å². The predicted molar refractivity (Wildman–Crippen MR) is 64.2 cm³/mol. The lowest BCUT2D eigenvalue weighted by molar-refractivity contribution is 0.100. The van der Waals surface area contributed by atoms with Gasteiger partial charge in [-0.25, -0.2) is 0 Å². The zero-order valence-corrected chi connectivity index (χ0v) is 9.26. The Morgan fingerprint density at radius 3 is 2.12 bits per heavy atom. The molecule has 2 aromatic rings. The molecule has 4 heteroatoms. The van der Waals surface area contributed by atoms with Crippen LogP contribution in [0, 0.1) is 0 Å². The first kappa shape index (κ1) is 12.2. The molecule has 0 aliphatic heterocycles. The summed E-state index contributed by atoms with van der Waals surface area (Å²) in [5.41, 5.74) is 5.53. The number of pyridine rings is 1. The molecule has 1 aromatic carbocycles. The lowest BCUT2D eigenvalue weighted by Crippen LogP contribution is -2.09. The number of amides is 1. The summed E-state index contributed by atoms with van der Waals surface area (Å²) in [5, 5.41) is 0.683. The fourth-order valence-corrected chi connectivity index (χ4v) is 1.07. The second-order valence-electron chi connectivity index (χ2n) is 2.90. The van der Waals surface area contributed by atoms with Gasteiger partial charge >= 0.3 is 0 Å². The first-order valence-corrected chi connectivity index (χ1v) is 4.98. The largest absolute Gasteiger partial charge is 0.366 e. The Bertz CT molecular complexity index is 431. The monoisotopic (exact) mass is 234 g/mol. The maximum absolute atomic E-state index is 10.4. The van der Waals surface area contributed by atoms with Crippen LogP contribution in [-0.4, -0.2) is 10.9 Å². The smallest absolute Gasteiger partial charge is 0.248 e. The molecule has 2 rings (SSSR count). The molecule has 0 atom stereocenters. The maximum atomic E-state index is 10.4. The summed E-state index contributed by atoms with van der Waals surface area (Å²) in [4.78, 5) is 14.2. The van der Waals surface area contributed by atoms with Gasteiger partial charge in [-0.3, -0.25) is 9.78 Å². The maximum Gasteiger partial charge on any atom is 0.248 e. The van der Waals surface area contributed by atoms with Crippen molar-refractivity contribution >= 4 is 17.5 Å². The van der Waals surface area contributed by atoms with Crippen LogP contribution in [0.15, 0.2) is 54.9 Å². The van der Waals surface area contributed by atoms with E-state index in [0.717, 1.165) is 0 Å². The van der Waals surface area contributed by atoms with Crippen LogP contribution in [0.3, 0.4) is 0 Å². The molecule has 0 fully saturated rings. The van der Waals surface area contributed by atoms with Crippen LogP contribution in [-0.2, 0) is 0 Å². The first-order chi connectivity index (χ1) is 7.70. The highest BCUT2D eigenvalue weighted by Gasteiger charge is 1.93. The summed E-state index contributed by atoms with van der Waals surface area (Å²) in [6.07, 6.45) is 3.29. The van der Waals surface area contributed by atoms with E-state index in [2.05, 4.69) is 4.98 Å². The summed E-state index contributed by atoms with van der Waals surface area (Å²) < 4.78 is 0. The summed E-state index contributed by atoms with van der Waals surface area (Å²) in [5.74, 6) is -0.379. The number of hydrogen-bond acceptors (Lipinski definition) is 2. The quantitative estimate of drug-likeness (QED) is 0.824. The van der Waals surface area contributed by atoms with Gasteiger partial charge in [0.2, 0.25) is 5.91 Å². The zero-order valence-electron chi connectivity index (χ0n) is 8.51. The minimum atomic E-state index is -0.379. The fourth-order valence-electron chi connectivity index (χ4n) is 0.944. The van der Waals surface area contributed by atoms with Crippen molar-refractivity contribution in [2.24, 2.45) is 5.73 Å². The number of hydrogen-bond donors (Lipinski definition) is 1. The fraction of sp³-hybridized carbons (Fsp3) is 0. The van der Waals surface area contributed by atoms with Crippen molar-refractivity contribution in [3.05, 3.63) is 65.4 Å². The lowest BCUT2D eigenvalue weighted by atomic mass is 10.2. The summed E-state index contributed by atoms with van der Waals surface area (Å²) in [7, 11) is 0. The Morgan fingerprint density at radius 2 is 1.81 bits per heavy atom. The van der Waals surface area contributed by atoms with Crippen LogP contribution in [0.2, 0.25) is 5.02 Å². The molecule has 0 saturated carbocycles. The number of carbonyl (C=O) groups excluding carboxylic acids is 1.